The van der Waals surface area contributed by atoms with E-state index in [0.29, 0.717) is 21.7 Å². The van der Waals surface area contributed by atoms with Gasteiger partial charge in [0.1, 0.15) is 0 Å². The molecule has 0 radical (unpaired) electrons. The lowest BCUT2D eigenvalue weighted by Crippen LogP contribution is -2.44. The second kappa shape index (κ2) is 2.13. The predicted molar refractivity (Wildman–Crippen MR) is 63.9 cm³/mol. The lowest BCUT2D eigenvalue weighted by atomic mass is 9.60. The second-order valence-corrected chi connectivity index (χ2v) is 8.19. The van der Waals surface area contributed by atoms with Gasteiger partial charge in [0.15, 0.2) is 0 Å². The molecule has 4 bridgehead atoms. The van der Waals surface area contributed by atoms with Crippen molar-refractivity contribution in [2.45, 2.75) is 59.5 Å². The third kappa shape index (κ3) is 0.573. The largest absolute Gasteiger partial charge is 0.392 e. The molecule has 1 heteroatoms. The molecule has 0 amide bonds. The number of aliphatic hydroxyl groups excluding tert-OH is 1. The van der Waals surface area contributed by atoms with E-state index in [4.69, 9.17) is 0 Å². The van der Waals surface area contributed by atoms with E-state index in [1.54, 1.807) is 0 Å². The van der Waals surface area contributed by atoms with E-state index in [-0.39, 0.29) is 6.10 Å². The lowest BCUT2D eigenvalue weighted by molar-refractivity contribution is -0.0567. The Balaban J connectivity index is 1.96. The van der Waals surface area contributed by atoms with Crippen LogP contribution >= 0.6 is 0 Å². The summed E-state index contributed by atoms with van der Waals surface area (Å²) in [6, 6.07) is 0. The molecule has 90 valence electrons. The van der Waals surface area contributed by atoms with E-state index in [1.165, 1.54) is 19.3 Å². The van der Waals surface area contributed by atoms with Gasteiger partial charge >= 0.3 is 0 Å². The number of aliphatic hydroxyl groups is 1. The summed E-state index contributed by atoms with van der Waals surface area (Å²) in [7, 11) is 0. The molecule has 0 aromatic heterocycles. The van der Waals surface area contributed by atoms with Crippen LogP contribution in [0.5, 0.6) is 0 Å². The molecule has 5 aliphatic carbocycles. The van der Waals surface area contributed by atoms with Crippen LogP contribution in [0, 0.1) is 33.5 Å². The van der Waals surface area contributed by atoms with E-state index in [1.807, 2.05) is 0 Å². The SMILES string of the molecule is CC1(C)[C@H]2C[C@@H]3[C@@]14[C@@H](O)CCC(C)(C)[C@]34C2. The molecule has 0 aliphatic heterocycles. The first-order chi connectivity index (χ1) is 7.32. The van der Waals surface area contributed by atoms with Crippen LogP contribution in [0.4, 0.5) is 0 Å². The van der Waals surface area contributed by atoms with Gasteiger partial charge in [-0.05, 0) is 53.8 Å². The highest BCUT2D eigenvalue weighted by atomic mass is 16.3. The average molecular weight is 220 g/mol. The summed E-state index contributed by atoms with van der Waals surface area (Å²) < 4.78 is 0. The minimum atomic E-state index is -0.00646. The molecule has 0 aromatic rings. The zero-order valence-electron chi connectivity index (χ0n) is 11.0. The number of hydrogen-bond acceptors (Lipinski definition) is 1. The molecule has 0 saturated heterocycles. The highest BCUT2D eigenvalue weighted by Crippen LogP contribution is 2.99. The molecular weight excluding hydrogens is 196 g/mol. The maximum absolute atomic E-state index is 10.6. The fourth-order valence-electron chi connectivity index (χ4n) is 7.23. The van der Waals surface area contributed by atoms with Crippen molar-refractivity contribution in [2.24, 2.45) is 33.5 Å². The van der Waals surface area contributed by atoms with Gasteiger partial charge in [-0.1, -0.05) is 27.7 Å². The van der Waals surface area contributed by atoms with Gasteiger partial charge in [0.25, 0.3) is 0 Å². The zero-order valence-corrected chi connectivity index (χ0v) is 11.0. The van der Waals surface area contributed by atoms with Crippen LogP contribution in [0.15, 0.2) is 0 Å². The molecule has 5 atom stereocenters. The Labute approximate surface area is 98.6 Å². The van der Waals surface area contributed by atoms with Crippen molar-refractivity contribution >= 4 is 0 Å². The topological polar surface area (TPSA) is 20.2 Å². The molecule has 0 aromatic carbocycles. The van der Waals surface area contributed by atoms with Crippen molar-refractivity contribution < 1.29 is 5.11 Å². The van der Waals surface area contributed by atoms with Gasteiger partial charge in [0.2, 0.25) is 0 Å². The minimum absolute atomic E-state index is 0.00646. The van der Waals surface area contributed by atoms with Crippen molar-refractivity contribution in [1.29, 1.82) is 0 Å². The minimum Gasteiger partial charge on any atom is -0.392 e. The smallest absolute Gasteiger partial charge is 0.0610 e. The van der Waals surface area contributed by atoms with Gasteiger partial charge < -0.3 is 5.11 Å². The maximum Gasteiger partial charge on any atom is 0.0610 e. The number of hydrogen-bond donors (Lipinski definition) is 1. The molecule has 5 aliphatic rings. The molecule has 2 spiro atoms. The third-order valence-electron chi connectivity index (χ3n) is 7.75. The Morgan fingerprint density at radius 2 is 1.81 bits per heavy atom. The van der Waals surface area contributed by atoms with Gasteiger partial charge in [-0.3, -0.25) is 0 Å². The second-order valence-electron chi connectivity index (χ2n) is 8.19. The summed E-state index contributed by atoms with van der Waals surface area (Å²) in [5.74, 6) is 1.75. The first-order valence-electron chi connectivity index (χ1n) is 7.00. The van der Waals surface area contributed by atoms with Gasteiger partial charge in [-0.15, -0.1) is 0 Å². The third-order valence-corrected chi connectivity index (χ3v) is 7.75. The summed E-state index contributed by atoms with van der Waals surface area (Å²) >= 11 is 0. The highest BCUT2D eigenvalue weighted by molar-refractivity contribution is 5.42. The lowest BCUT2D eigenvalue weighted by Gasteiger charge is -2.46. The highest BCUT2D eigenvalue weighted by Gasteiger charge is 2.95. The molecular formula is C15H24O. The Morgan fingerprint density at radius 3 is 2.38 bits per heavy atom. The molecule has 5 fully saturated rings. The van der Waals surface area contributed by atoms with Crippen molar-refractivity contribution in [3.63, 3.8) is 0 Å². The predicted octanol–water partition coefficient (Wildman–Crippen LogP) is 3.22. The number of rotatable bonds is 0. The average Bonchev–Trinajstić information content (AvgIpc) is 2.47. The van der Waals surface area contributed by atoms with E-state index < -0.39 is 0 Å². The first-order valence-corrected chi connectivity index (χ1v) is 7.00. The standard InChI is InChI=1S/C15H24O/c1-12(2)6-5-11(16)15-10-7-9(13(15,3)4)8-14(10,12)15/h9-11,16H,5-8H2,1-4H3/t9-,10-,11-,14-,15+/m0/s1. The summed E-state index contributed by atoms with van der Waals surface area (Å²) in [5.41, 5.74) is 1.70. The maximum atomic E-state index is 10.6. The van der Waals surface area contributed by atoms with Gasteiger partial charge in [-0.25, -0.2) is 0 Å². The normalized spacial score (nSPS) is 63.2. The van der Waals surface area contributed by atoms with Crippen LogP contribution in [0.25, 0.3) is 0 Å². The molecule has 5 rings (SSSR count). The van der Waals surface area contributed by atoms with Gasteiger partial charge in [-0.2, -0.15) is 0 Å². The van der Waals surface area contributed by atoms with Gasteiger partial charge in [0.05, 0.1) is 6.10 Å². The van der Waals surface area contributed by atoms with Crippen LogP contribution in [-0.4, -0.2) is 11.2 Å². The van der Waals surface area contributed by atoms with Crippen molar-refractivity contribution in [1.82, 2.24) is 0 Å². The molecule has 1 nitrogen and oxygen atoms in total. The van der Waals surface area contributed by atoms with E-state index in [9.17, 15) is 5.11 Å². The van der Waals surface area contributed by atoms with E-state index in [2.05, 4.69) is 27.7 Å². The van der Waals surface area contributed by atoms with Crippen molar-refractivity contribution in [3.05, 3.63) is 0 Å². The van der Waals surface area contributed by atoms with Crippen LogP contribution in [0.1, 0.15) is 53.4 Å². The zero-order chi connectivity index (χ0) is 11.6. The Bertz CT molecular complexity index is 383. The van der Waals surface area contributed by atoms with E-state index in [0.717, 1.165) is 18.3 Å². The molecule has 0 heterocycles. The summed E-state index contributed by atoms with van der Waals surface area (Å²) in [6.45, 7) is 9.82. The summed E-state index contributed by atoms with van der Waals surface area (Å²) in [5, 5.41) is 10.6. The fraction of sp³-hybridized carbons (Fsp3) is 1.00. The molecule has 0 unspecified atom stereocenters. The van der Waals surface area contributed by atoms with Crippen molar-refractivity contribution in [2.75, 3.05) is 0 Å². The Morgan fingerprint density at radius 1 is 1.12 bits per heavy atom. The van der Waals surface area contributed by atoms with Crippen LogP contribution in [-0.2, 0) is 0 Å². The monoisotopic (exact) mass is 220 g/mol. The van der Waals surface area contributed by atoms with Gasteiger partial charge in [0, 0.05) is 5.41 Å². The van der Waals surface area contributed by atoms with Crippen LogP contribution in [0.2, 0.25) is 0 Å². The van der Waals surface area contributed by atoms with Crippen LogP contribution < -0.4 is 0 Å². The van der Waals surface area contributed by atoms with Crippen molar-refractivity contribution in [3.8, 4) is 0 Å². The quantitative estimate of drug-likeness (QED) is 0.664. The van der Waals surface area contributed by atoms with E-state index >= 15 is 0 Å². The summed E-state index contributed by atoms with van der Waals surface area (Å²) in [4.78, 5) is 0. The fourth-order valence-corrected chi connectivity index (χ4v) is 7.23. The first kappa shape index (κ1) is 9.94. The molecule has 5 saturated carbocycles. The van der Waals surface area contributed by atoms with Crippen LogP contribution in [0.3, 0.4) is 0 Å². The summed E-state index contributed by atoms with van der Waals surface area (Å²) in [6.07, 6.45) is 5.09. The Hall–Kier alpha value is -0.0400. The Kier molecular flexibility index (Phi) is 1.33. The molecule has 16 heavy (non-hydrogen) atoms. The molecule has 1 N–H and O–H groups in total.